The summed E-state index contributed by atoms with van der Waals surface area (Å²) in [6, 6.07) is 2.40. The summed E-state index contributed by atoms with van der Waals surface area (Å²) >= 11 is 0. The van der Waals surface area contributed by atoms with Crippen LogP contribution in [-0.2, 0) is 9.53 Å². The molecular weight excluding hydrogens is 276 g/mol. The van der Waals surface area contributed by atoms with Crippen molar-refractivity contribution in [1.82, 2.24) is 10.6 Å². The molecule has 3 N–H and O–H groups in total. The highest BCUT2D eigenvalue weighted by Crippen LogP contribution is 2.19. The number of rotatable bonds is 5. The fourth-order valence-electron chi connectivity index (χ4n) is 2.07. The molecule has 1 aromatic rings. The van der Waals surface area contributed by atoms with Gasteiger partial charge in [0.1, 0.15) is 6.04 Å². The number of hydrogen-bond donors (Lipinski definition) is 3. The van der Waals surface area contributed by atoms with Gasteiger partial charge in [0.05, 0.1) is 11.9 Å². The number of hydrogen-bond acceptors (Lipinski definition) is 5. The van der Waals surface area contributed by atoms with E-state index in [1.54, 1.807) is 13.0 Å². The van der Waals surface area contributed by atoms with Crippen LogP contribution >= 0.6 is 0 Å². The van der Waals surface area contributed by atoms with Gasteiger partial charge in [0.25, 0.3) is 5.91 Å². The maximum absolute atomic E-state index is 11.9. The SMILES string of the molecule is CC(NC(=O)c1ccco1)C(=O)NCC1(O)CCOCC1. The second kappa shape index (κ2) is 6.73. The Morgan fingerprint density at radius 1 is 1.43 bits per heavy atom. The van der Waals surface area contributed by atoms with Gasteiger partial charge in [-0.3, -0.25) is 9.59 Å². The van der Waals surface area contributed by atoms with Crippen molar-refractivity contribution in [3.05, 3.63) is 24.2 Å². The molecule has 1 aliphatic heterocycles. The van der Waals surface area contributed by atoms with Gasteiger partial charge in [0.2, 0.25) is 5.91 Å². The van der Waals surface area contributed by atoms with E-state index < -0.39 is 17.6 Å². The van der Waals surface area contributed by atoms with Crippen LogP contribution in [0, 0.1) is 0 Å². The Morgan fingerprint density at radius 3 is 2.76 bits per heavy atom. The number of nitrogens with one attached hydrogen (secondary N) is 2. The standard InChI is InChI=1S/C14H20N2O5/c1-10(16-13(18)11-3-2-6-21-11)12(17)15-9-14(19)4-7-20-8-5-14/h2-3,6,10,19H,4-5,7-9H2,1H3,(H,15,17)(H,16,18). The van der Waals surface area contributed by atoms with Crippen molar-refractivity contribution in [3.63, 3.8) is 0 Å². The maximum Gasteiger partial charge on any atom is 0.287 e. The molecule has 2 amide bonds. The number of carbonyl (C=O) groups excluding carboxylic acids is 2. The topological polar surface area (TPSA) is 101 Å². The molecule has 1 saturated heterocycles. The van der Waals surface area contributed by atoms with E-state index in [2.05, 4.69) is 10.6 Å². The average molecular weight is 296 g/mol. The quantitative estimate of drug-likeness (QED) is 0.713. The summed E-state index contributed by atoms with van der Waals surface area (Å²) in [4.78, 5) is 23.7. The van der Waals surface area contributed by atoms with E-state index >= 15 is 0 Å². The van der Waals surface area contributed by atoms with Crippen LogP contribution in [0.4, 0.5) is 0 Å². The number of ether oxygens (including phenoxy) is 1. The van der Waals surface area contributed by atoms with Crippen LogP contribution in [0.2, 0.25) is 0 Å². The Morgan fingerprint density at radius 2 is 2.14 bits per heavy atom. The molecule has 0 aromatic carbocycles. The molecule has 7 nitrogen and oxygen atoms in total. The van der Waals surface area contributed by atoms with Gasteiger partial charge in [-0.15, -0.1) is 0 Å². The fourth-order valence-corrected chi connectivity index (χ4v) is 2.07. The highest BCUT2D eigenvalue weighted by Gasteiger charge is 2.30. The maximum atomic E-state index is 11.9. The van der Waals surface area contributed by atoms with Gasteiger partial charge in [-0.25, -0.2) is 0 Å². The first-order valence-corrected chi connectivity index (χ1v) is 6.92. The molecule has 21 heavy (non-hydrogen) atoms. The predicted molar refractivity (Wildman–Crippen MR) is 73.6 cm³/mol. The summed E-state index contributed by atoms with van der Waals surface area (Å²) in [5.74, 6) is -0.653. The van der Waals surface area contributed by atoms with Gasteiger partial charge in [-0.1, -0.05) is 0 Å². The van der Waals surface area contributed by atoms with Crippen LogP contribution in [0.3, 0.4) is 0 Å². The molecule has 1 atom stereocenters. The van der Waals surface area contributed by atoms with Gasteiger partial charge < -0.3 is 24.9 Å². The molecule has 0 saturated carbocycles. The Balaban J connectivity index is 1.78. The summed E-state index contributed by atoms with van der Waals surface area (Å²) in [5, 5.41) is 15.4. The lowest BCUT2D eigenvalue weighted by molar-refractivity contribution is -0.125. The molecular formula is C14H20N2O5. The molecule has 1 aliphatic rings. The van der Waals surface area contributed by atoms with Crippen LogP contribution in [-0.4, -0.2) is 48.3 Å². The molecule has 0 bridgehead atoms. The molecule has 2 rings (SSSR count). The van der Waals surface area contributed by atoms with Crippen LogP contribution in [0.5, 0.6) is 0 Å². The van der Waals surface area contributed by atoms with Crippen molar-refractivity contribution in [2.24, 2.45) is 0 Å². The van der Waals surface area contributed by atoms with Crippen molar-refractivity contribution in [2.75, 3.05) is 19.8 Å². The smallest absolute Gasteiger partial charge is 0.287 e. The normalized spacial score (nSPS) is 18.8. The zero-order chi connectivity index (χ0) is 15.3. The van der Waals surface area contributed by atoms with E-state index in [-0.39, 0.29) is 18.2 Å². The van der Waals surface area contributed by atoms with Gasteiger partial charge in [0.15, 0.2) is 5.76 Å². The molecule has 116 valence electrons. The summed E-state index contributed by atoms with van der Waals surface area (Å²) in [7, 11) is 0. The Labute approximate surface area is 122 Å². The fraction of sp³-hybridized carbons (Fsp3) is 0.571. The molecule has 1 unspecified atom stereocenters. The first-order valence-electron chi connectivity index (χ1n) is 6.92. The highest BCUT2D eigenvalue weighted by molar-refractivity contribution is 5.95. The van der Waals surface area contributed by atoms with Crippen molar-refractivity contribution in [3.8, 4) is 0 Å². The van der Waals surface area contributed by atoms with Gasteiger partial charge in [-0.05, 0) is 19.1 Å². The molecule has 7 heteroatoms. The lowest BCUT2D eigenvalue weighted by Gasteiger charge is -2.32. The molecule has 1 fully saturated rings. The van der Waals surface area contributed by atoms with Crippen LogP contribution in [0.25, 0.3) is 0 Å². The first kappa shape index (κ1) is 15.5. The molecule has 0 aliphatic carbocycles. The highest BCUT2D eigenvalue weighted by atomic mass is 16.5. The van der Waals surface area contributed by atoms with E-state index in [4.69, 9.17) is 9.15 Å². The van der Waals surface area contributed by atoms with E-state index in [1.807, 2.05) is 0 Å². The van der Waals surface area contributed by atoms with Crippen molar-refractivity contribution in [1.29, 1.82) is 0 Å². The molecule has 2 heterocycles. The lowest BCUT2D eigenvalue weighted by Crippen LogP contribution is -2.51. The summed E-state index contributed by atoms with van der Waals surface area (Å²) < 4.78 is 10.1. The minimum atomic E-state index is -0.932. The van der Waals surface area contributed by atoms with E-state index in [0.717, 1.165) is 0 Å². The van der Waals surface area contributed by atoms with Crippen LogP contribution < -0.4 is 10.6 Å². The number of amides is 2. The second-order valence-electron chi connectivity index (χ2n) is 5.23. The number of furan rings is 1. The Hall–Kier alpha value is -1.86. The van der Waals surface area contributed by atoms with E-state index in [9.17, 15) is 14.7 Å². The third-order valence-corrected chi connectivity index (χ3v) is 3.50. The van der Waals surface area contributed by atoms with Crippen molar-refractivity contribution >= 4 is 11.8 Å². The average Bonchev–Trinajstić information content (AvgIpc) is 3.00. The number of carbonyl (C=O) groups is 2. The Bertz CT molecular complexity index is 480. The molecule has 0 spiro atoms. The minimum Gasteiger partial charge on any atom is -0.459 e. The zero-order valence-electron chi connectivity index (χ0n) is 11.9. The van der Waals surface area contributed by atoms with Crippen LogP contribution in [0.1, 0.15) is 30.3 Å². The summed E-state index contributed by atoms with van der Waals surface area (Å²) in [6.45, 7) is 2.69. The molecule has 0 radical (unpaired) electrons. The van der Waals surface area contributed by atoms with Gasteiger partial charge in [0, 0.05) is 32.6 Å². The van der Waals surface area contributed by atoms with Gasteiger partial charge in [-0.2, -0.15) is 0 Å². The van der Waals surface area contributed by atoms with E-state index in [0.29, 0.717) is 26.1 Å². The van der Waals surface area contributed by atoms with Gasteiger partial charge >= 0.3 is 0 Å². The largest absolute Gasteiger partial charge is 0.459 e. The monoisotopic (exact) mass is 296 g/mol. The van der Waals surface area contributed by atoms with Crippen LogP contribution in [0.15, 0.2) is 22.8 Å². The Kier molecular flexibility index (Phi) is 4.98. The zero-order valence-corrected chi connectivity index (χ0v) is 11.9. The third kappa shape index (κ3) is 4.30. The predicted octanol–water partition coefficient (Wildman–Crippen LogP) is 0.0556. The van der Waals surface area contributed by atoms with E-state index in [1.165, 1.54) is 12.3 Å². The summed E-state index contributed by atoms with van der Waals surface area (Å²) in [5.41, 5.74) is -0.932. The van der Waals surface area contributed by atoms with Crippen molar-refractivity contribution in [2.45, 2.75) is 31.4 Å². The molecule has 1 aromatic heterocycles. The van der Waals surface area contributed by atoms with Crippen molar-refractivity contribution < 1.29 is 23.8 Å². The lowest BCUT2D eigenvalue weighted by atomic mass is 9.94. The third-order valence-electron chi connectivity index (χ3n) is 3.50. The summed E-state index contributed by atoms with van der Waals surface area (Å²) in [6.07, 6.45) is 2.36. The minimum absolute atomic E-state index is 0.149. The first-order chi connectivity index (χ1) is 10.0. The second-order valence-corrected chi connectivity index (χ2v) is 5.23. The number of aliphatic hydroxyl groups is 1.